The first-order valence-electron chi connectivity index (χ1n) is 6.32. The average molecular weight is 223 g/mol. The van der Waals surface area contributed by atoms with Crippen molar-refractivity contribution in [1.82, 2.24) is 4.90 Å². The molecule has 2 nitrogen and oxygen atoms in total. The summed E-state index contributed by atoms with van der Waals surface area (Å²) < 4.78 is 5.74. The van der Waals surface area contributed by atoms with Gasteiger partial charge in [-0.1, -0.05) is 32.9 Å². The van der Waals surface area contributed by atoms with Crippen LogP contribution in [0.5, 0.6) is 0 Å². The maximum Gasteiger partial charge on any atom is 0.0770 e. The van der Waals surface area contributed by atoms with Gasteiger partial charge in [-0.2, -0.15) is 0 Å². The van der Waals surface area contributed by atoms with Gasteiger partial charge in [0.15, 0.2) is 0 Å². The summed E-state index contributed by atoms with van der Waals surface area (Å²) in [6.07, 6.45) is 3.91. The summed E-state index contributed by atoms with van der Waals surface area (Å²) in [7, 11) is 1.86. The molecule has 0 N–H and O–H groups in total. The molecule has 2 aliphatic heterocycles. The van der Waals surface area contributed by atoms with Crippen LogP contribution in [-0.4, -0.2) is 36.7 Å². The first kappa shape index (κ1) is 12.1. The van der Waals surface area contributed by atoms with Crippen molar-refractivity contribution in [2.45, 2.75) is 51.7 Å². The van der Waals surface area contributed by atoms with Gasteiger partial charge in [-0.05, 0) is 24.7 Å². The fourth-order valence-electron chi connectivity index (χ4n) is 3.73. The van der Waals surface area contributed by atoms with Gasteiger partial charge in [0.2, 0.25) is 0 Å². The Bertz CT molecular complexity index is 292. The van der Waals surface area contributed by atoms with Crippen molar-refractivity contribution < 1.29 is 4.74 Å². The van der Waals surface area contributed by atoms with Gasteiger partial charge in [0.1, 0.15) is 0 Å². The topological polar surface area (TPSA) is 12.5 Å². The number of hydrogen-bond acceptors (Lipinski definition) is 2. The molecule has 0 amide bonds. The fraction of sp³-hybridized carbons (Fsp3) is 0.857. The fourth-order valence-corrected chi connectivity index (χ4v) is 3.73. The lowest BCUT2D eigenvalue weighted by atomic mass is 9.75. The average Bonchev–Trinajstić information content (AvgIpc) is 2.54. The zero-order valence-corrected chi connectivity index (χ0v) is 11.2. The smallest absolute Gasteiger partial charge is 0.0770 e. The largest absolute Gasteiger partial charge is 0.379 e. The third-order valence-electron chi connectivity index (χ3n) is 3.98. The van der Waals surface area contributed by atoms with Crippen LogP contribution in [0.25, 0.3) is 0 Å². The quantitative estimate of drug-likeness (QED) is 0.667. The van der Waals surface area contributed by atoms with Crippen LogP contribution < -0.4 is 0 Å². The molecule has 0 saturated carbocycles. The molecule has 2 heterocycles. The van der Waals surface area contributed by atoms with Gasteiger partial charge in [-0.25, -0.2) is 0 Å². The molecule has 0 aliphatic carbocycles. The third kappa shape index (κ3) is 1.93. The summed E-state index contributed by atoms with van der Waals surface area (Å²) >= 11 is 0. The molecule has 0 aromatic carbocycles. The van der Waals surface area contributed by atoms with Crippen LogP contribution in [0.3, 0.4) is 0 Å². The highest BCUT2D eigenvalue weighted by molar-refractivity contribution is 5.21. The number of rotatable bonds is 2. The summed E-state index contributed by atoms with van der Waals surface area (Å²) in [4.78, 5) is 2.61. The van der Waals surface area contributed by atoms with Gasteiger partial charge in [0.05, 0.1) is 11.6 Å². The van der Waals surface area contributed by atoms with Crippen molar-refractivity contribution in [3.8, 4) is 0 Å². The summed E-state index contributed by atoms with van der Waals surface area (Å²) in [5.74, 6) is 0. The van der Waals surface area contributed by atoms with Crippen molar-refractivity contribution >= 4 is 0 Å². The minimum absolute atomic E-state index is 0.240. The SMILES string of the molecule is C=C1CN2CC[C@H](OC)[C@@]2(CC(C)(C)C)C1. The predicted molar refractivity (Wildman–Crippen MR) is 67.5 cm³/mol. The Morgan fingerprint density at radius 1 is 1.50 bits per heavy atom. The number of hydrogen-bond donors (Lipinski definition) is 0. The van der Waals surface area contributed by atoms with Crippen LogP contribution in [0.2, 0.25) is 0 Å². The minimum atomic E-state index is 0.240. The van der Waals surface area contributed by atoms with Crippen molar-refractivity contribution in [3.05, 3.63) is 12.2 Å². The molecule has 0 aromatic rings. The summed E-state index contributed by atoms with van der Waals surface area (Å²) in [5.41, 5.74) is 1.97. The van der Waals surface area contributed by atoms with E-state index in [-0.39, 0.29) is 5.54 Å². The molecule has 0 unspecified atom stereocenters. The molecule has 16 heavy (non-hydrogen) atoms. The second kappa shape index (κ2) is 3.85. The Morgan fingerprint density at radius 2 is 2.19 bits per heavy atom. The molecular formula is C14H25NO. The van der Waals surface area contributed by atoms with Gasteiger partial charge in [0, 0.05) is 20.2 Å². The third-order valence-corrected chi connectivity index (χ3v) is 3.98. The standard InChI is InChI=1S/C14H25NO/c1-11-8-14(10-13(2,3)4)12(16-5)6-7-15(14)9-11/h12H,1,6-10H2,2-5H3/t12-,14-/m0/s1. The molecular weight excluding hydrogens is 198 g/mol. The van der Waals surface area contributed by atoms with Crippen molar-refractivity contribution in [1.29, 1.82) is 0 Å². The molecule has 2 atom stereocenters. The summed E-state index contributed by atoms with van der Waals surface area (Å²) in [6, 6.07) is 0. The van der Waals surface area contributed by atoms with E-state index in [9.17, 15) is 0 Å². The van der Waals surface area contributed by atoms with E-state index in [2.05, 4.69) is 32.3 Å². The molecule has 0 radical (unpaired) electrons. The predicted octanol–water partition coefficient (Wildman–Crippen LogP) is 2.84. The second-order valence-electron chi connectivity index (χ2n) is 6.70. The highest BCUT2D eigenvalue weighted by Gasteiger charge is 2.53. The monoisotopic (exact) mass is 223 g/mol. The van der Waals surface area contributed by atoms with Gasteiger partial charge >= 0.3 is 0 Å². The minimum Gasteiger partial charge on any atom is -0.379 e. The molecule has 0 bridgehead atoms. The van der Waals surface area contributed by atoms with Gasteiger partial charge < -0.3 is 4.74 Å². The lowest BCUT2D eigenvalue weighted by Crippen LogP contribution is -2.49. The highest BCUT2D eigenvalue weighted by atomic mass is 16.5. The van der Waals surface area contributed by atoms with E-state index in [0.717, 1.165) is 13.0 Å². The molecule has 2 aliphatic rings. The van der Waals surface area contributed by atoms with Crippen LogP contribution in [0.4, 0.5) is 0 Å². The molecule has 2 heteroatoms. The number of nitrogens with zero attached hydrogens (tertiary/aromatic N) is 1. The lowest BCUT2D eigenvalue weighted by molar-refractivity contribution is -0.00638. The Kier molecular flexibility index (Phi) is 2.92. The highest BCUT2D eigenvalue weighted by Crippen LogP contribution is 2.48. The van der Waals surface area contributed by atoms with E-state index >= 15 is 0 Å². The van der Waals surface area contributed by atoms with E-state index in [0.29, 0.717) is 11.5 Å². The Morgan fingerprint density at radius 3 is 2.75 bits per heavy atom. The van der Waals surface area contributed by atoms with Crippen LogP contribution in [0.15, 0.2) is 12.2 Å². The lowest BCUT2D eigenvalue weighted by Gasteiger charge is -2.41. The maximum absolute atomic E-state index is 5.74. The Hall–Kier alpha value is -0.340. The van der Waals surface area contributed by atoms with Gasteiger partial charge in [0.25, 0.3) is 0 Å². The van der Waals surface area contributed by atoms with Crippen LogP contribution in [-0.2, 0) is 4.74 Å². The van der Waals surface area contributed by atoms with Crippen LogP contribution in [0, 0.1) is 5.41 Å². The molecule has 0 aromatic heterocycles. The van der Waals surface area contributed by atoms with Crippen molar-refractivity contribution in [2.24, 2.45) is 5.41 Å². The van der Waals surface area contributed by atoms with E-state index in [1.807, 2.05) is 7.11 Å². The van der Waals surface area contributed by atoms with E-state index in [4.69, 9.17) is 4.74 Å². The first-order valence-corrected chi connectivity index (χ1v) is 6.32. The number of ether oxygens (including phenoxy) is 1. The van der Waals surface area contributed by atoms with Crippen LogP contribution in [0.1, 0.15) is 40.0 Å². The van der Waals surface area contributed by atoms with Gasteiger partial charge in [-0.3, -0.25) is 4.90 Å². The zero-order valence-electron chi connectivity index (χ0n) is 11.2. The van der Waals surface area contributed by atoms with Crippen LogP contribution >= 0.6 is 0 Å². The zero-order chi connectivity index (χ0) is 12.0. The van der Waals surface area contributed by atoms with E-state index in [1.165, 1.54) is 25.0 Å². The van der Waals surface area contributed by atoms with E-state index in [1.54, 1.807) is 0 Å². The Balaban J connectivity index is 2.26. The maximum atomic E-state index is 5.74. The molecule has 2 saturated heterocycles. The normalized spacial score (nSPS) is 35.8. The Labute approximate surface area is 99.7 Å². The summed E-state index contributed by atoms with van der Waals surface area (Å²) in [6.45, 7) is 13.4. The van der Waals surface area contributed by atoms with Crippen molar-refractivity contribution in [2.75, 3.05) is 20.2 Å². The molecule has 2 rings (SSSR count). The summed E-state index contributed by atoms with van der Waals surface area (Å²) in [5, 5.41) is 0. The molecule has 0 spiro atoms. The van der Waals surface area contributed by atoms with Gasteiger partial charge in [-0.15, -0.1) is 0 Å². The van der Waals surface area contributed by atoms with E-state index < -0.39 is 0 Å². The first-order chi connectivity index (χ1) is 7.37. The second-order valence-corrected chi connectivity index (χ2v) is 6.70. The molecule has 2 fully saturated rings. The van der Waals surface area contributed by atoms with Crippen molar-refractivity contribution in [3.63, 3.8) is 0 Å². The number of fused-ring (bicyclic) bond motifs is 1. The number of methoxy groups -OCH3 is 1. The molecule has 92 valence electrons.